The lowest BCUT2D eigenvalue weighted by molar-refractivity contribution is -0.121. The maximum Gasteiger partial charge on any atom is 0.332 e. The monoisotopic (exact) mass is 429 g/mol. The van der Waals surface area contributed by atoms with Gasteiger partial charge in [0, 0.05) is 32.2 Å². The highest BCUT2D eigenvalue weighted by Gasteiger charge is 2.48. The zero-order valence-electron chi connectivity index (χ0n) is 16.6. The molecule has 2 saturated heterocycles. The Morgan fingerprint density at radius 1 is 1.03 bits per heavy atom. The van der Waals surface area contributed by atoms with Crippen molar-refractivity contribution < 1.29 is 22.7 Å². The first-order valence-corrected chi connectivity index (χ1v) is 11.3. The van der Waals surface area contributed by atoms with Crippen molar-refractivity contribution in [1.82, 2.24) is 9.80 Å². The van der Waals surface area contributed by atoms with Gasteiger partial charge in [-0.3, -0.25) is 9.69 Å². The van der Waals surface area contributed by atoms with Crippen LogP contribution in [-0.4, -0.2) is 75.2 Å². The number of hydrogen-bond acceptors (Lipinski definition) is 6. The molecule has 0 aromatic heterocycles. The van der Waals surface area contributed by atoms with Crippen LogP contribution < -0.4 is 9.64 Å². The average molecular weight is 429 g/mol. The van der Waals surface area contributed by atoms with Gasteiger partial charge in [-0.05, 0) is 24.3 Å². The maximum atomic E-state index is 13.0. The topological polar surface area (TPSA) is 87.2 Å². The Morgan fingerprint density at radius 3 is 2.53 bits per heavy atom. The van der Waals surface area contributed by atoms with Crippen LogP contribution >= 0.6 is 0 Å². The number of ether oxygens (including phenoxy) is 1. The fraction of sp³-hybridized carbons (Fsp3) is 0.333. The summed E-state index contributed by atoms with van der Waals surface area (Å²) in [6, 6.07) is 14.2. The van der Waals surface area contributed by atoms with Gasteiger partial charge in [0.1, 0.15) is 11.8 Å². The molecule has 3 amide bonds. The van der Waals surface area contributed by atoms with Crippen molar-refractivity contribution in [3.63, 3.8) is 0 Å². The van der Waals surface area contributed by atoms with Crippen LogP contribution in [0.4, 0.5) is 10.5 Å². The van der Waals surface area contributed by atoms with Crippen molar-refractivity contribution in [2.24, 2.45) is 0 Å². The Hall–Kier alpha value is -2.91. The minimum atomic E-state index is -3.40. The van der Waals surface area contributed by atoms with Gasteiger partial charge in [0.25, 0.3) is 5.91 Å². The first-order valence-electron chi connectivity index (χ1n) is 9.69. The molecule has 0 bridgehead atoms. The normalized spacial score (nSPS) is 19.8. The molecule has 0 aliphatic carbocycles. The number of methoxy groups -OCH3 is 1. The summed E-state index contributed by atoms with van der Waals surface area (Å²) in [5.74, 6) is 0.223. The summed E-state index contributed by atoms with van der Waals surface area (Å²) in [4.78, 5) is 30.8. The third kappa shape index (κ3) is 3.78. The van der Waals surface area contributed by atoms with Crippen molar-refractivity contribution in [1.29, 1.82) is 0 Å². The van der Waals surface area contributed by atoms with Gasteiger partial charge < -0.3 is 9.64 Å². The summed E-state index contributed by atoms with van der Waals surface area (Å²) in [6.07, 6.45) is 0. The van der Waals surface area contributed by atoms with E-state index in [4.69, 9.17) is 4.74 Å². The predicted octanol–water partition coefficient (Wildman–Crippen LogP) is 1.62. The fourth-order valence-electron chi connectivity index (χ4n) is 3.84. The number of benzene rings is 2. The van der Waals surface area contributed by atoms with Crippen molar-refractivity contribution in [2.75, 3.05) is 43.9 Å². The molecular weight excluding hydrogens is 406 g/mol. The van der Waals surface area contributed by atoms with Gasteiger partial charge in [-0.25, -0.2) is 18.1 Å². The van der Waals surface area contributed by atoms with Crippen LogP contribution in [0.1, 0.15) is 0 Å². The van der Waals surface area contributed by atoms with Crippen molar-refractivity contribution in [3.05, 3.63) is 54.6 Å². The molecule has 4 rings (SSSR count). The molecule has 0 radical (unpaired) electrons. The van der Waals surface area contributed by atoms with E-state index in [1.807, 2.05) is 4.90 Å². The lowest BCUT2D eigenvalue weighted by atomic mass is 10.2. The number of anilines is 1. The fourth-order valence-corrected chi connectivity index (χ4v) is 5.14. The number of imide groups is 1. The van der Waals surface area contributed by atoms with E-state index in [1.54, 1.807) is 59.5 Å². The van der Waals surface area contributed by atoms with E-state index in [1.165, 1.54) is 12.0 Å². The molecular formula is C21H23N3O5S. The number of carbonyl (C=O) groups excluding carboxylic acids is 2. The van der Waals surface area contributed by atoms with Crippen LogP contribution in [0.2, 0.25) is 0 Å². The molecule has 2 aliphatic rings. The molecule has 9 heteroatoms. The Bertz CT molecular complexity index is 1060. The molecule has 2 heterocycles. The molecule has 30 heavy (non-hydrogen) atoms. The third-order valence-corrected chi connectivity index (χ3v) is 7.21. The lowest BCUT2D eigenvalue weighted by Gasteiger charge is -2.35. The number of amides is 3. The molecule has 1 atom stereocenters. The van der Waals surface area contributed by atoms with E-state index in [2.05, 4.69) is 0 Å². The third-order valence-electron chi connectivity index (χ3n) is 5.50. The van der Waals surface area contributed by atoms with Crippen LogP contribution in [0.25, 0.3) is 0 Å². The number of sulfone groups is 1. The second-order valence-electron chi connectivity index (χ2n) is 7.30. The van der Waals surface area contributed by atoms with Crippen molar-refractivity contribution >= 4 is 27.5 Å². The standard InChI is InChI=1S/C21H23N3O5S/c1-29-17-7-5-6-16(14-17)24-20(25)19-15-22(10-11-23(19)21(24)26)12-13-30(27,28)18-8-3-2-4-9-18/h2-9,14,19H,10-13,15H2,1H3. The smallest absolute Gasteiger partial charge is 0.332 e. The first-order chi connectivity index (χ1) is 14.4. The molecule has 0 saturated carbocycles. The molecule has 2 aromatic rings. The summed E-state index contributed by atoms with van der Waals surface area (Å²) >= 11 is 0. The minimum Gasteiger partial charge on any atom is -0.497 e. The SMILES string of the molecule is COc1cccc(N2C(=O)C3CN(CCS(=O)(=O)c4ccccc4)CCN3C2=O)c1. The van der Waals surface area contributed by atoms with E-state index >= 15 is 0 Å². The molecule has 0 spiro atoms. The number of rotatable bonds is 6. The molecule has 1 unspecified atom stereocenters. The number of fused-ring (bicyclic) bond motifs is 1. The molecule has 2 fully saturated rings. The van der Waals surface area contributed by atoms with Crippen molar-refractivity contribution in [2.45, 2.75) is 10.9 Å². The Labute approximate surface area is 175 Å². The number of piperazine rings is 1. The number of hydrogen-bond donors (Lipinski definition) is 0. The summed E-state index contributed by atoms with van der Waals surface area (Å²) in [5.41, 5.74) is 0.469. The Balaban J connectivity index is 1.45. The van der Waals surface area contributed by atoms with Crippen LogP contribution in [0.15, 0.2) is 59.5 Å². The zero-order valence-corrected chi connectivity index (χ0v) is 17.4. The summed E-state index contributed by atoms with van der Waals surface area (Å²) in [5, 5.41) is 0. The van der Waals surface area contributed by atoms with E-state index in [0.717, 1.165) is 0 Å². The highest BCUT2D eigenvalue weighted by Crippen LogP contribution is 2.29. The van der Waals surface area contributed by atoms with Crippen LogP contribution in [0, 0.1) is 0 Å². The van der Waals surface area contributed by atoms with Crippen LogP contribution in [0.3, 0.4) is 0 Å². The van der Waals surface area contributed by atoms with Crippen LogP contribution in [-0.2, 0) is 14.6 Å². The van der Waals surface area contributed by atoms with E-state index in [9.17, 15) is 18.0 Å². The van der Waals surface area contributed by atoms with E-state index in [0.29, 0.717) is 42.5 Å². The number of carbonyl (C=O) groups is 2. The van der Waals surface area contributed by atoms with Gasteiger partial charge in [0.2, 0.25) is 0 Å². The predicted molar refractivity (Wildman–Crippen MR) is 111 cm³/mol. The minimum absolute atomic E-state index is 0.0362. The molecule has 2 aliphatic heterocycles. The first kappa shape index (κ1) is 20.4. The van der Waals surface area contributed by atoms with Gasteiger partial charge >= 0.3 is 6.03 Å². The maximum absolute atomic E-state index is 13.0. The van der Waals surface area contributed by atoms with E-state index < -0.39 is 15.9 Å². The summed E-state index contributed by atoms with van der Waals surface area (Å²) in [7, 11) is -1.87. The van der Waals surface area contributed by atoms with Gasteiger partial charge in [-0.2, -0.15) is 0 Å². The number of nitrogens with zero attached hydrogens (tertiary/aromatic N) is 3. The molecule has 0 N–H and O–H groups in total. The van der Waals surface area contributed by atoms with Gasteiger partial charge in [0.15, 0.2) is 9.84 Å². The second kappa shape index (κ2) is 8.08. The summed E-state index contributed by atoms with van der Waals surface area (Å²) in [6.45, 7) is 1.52. The molecule has 158 valence electrons. The van der Waals surface area contributed by atoms with Gasteiger partial charge in [0.05, 0.1) is 23.4 Å². The lowest BCUT2D eigenvalue weighted by Crippen LogP contribution is -2.53. The summed E-state index contributed by atoms with van der Waals surface area (Å²) < 4.78 is 30.3. The largest absolute Gasteiger partial charge is 0.497 e. The molecule has 8 nitrogen and oxygen atoms in total. The van der Waals surface area contributed by atoms with Crippen LogP contribution in [0.5, 0.6) is 5.75 Å². The average Bonchev–Trinajstić information content (AvgIpc) is 3.02. The quantitative estimate of drug-likeness (QED) is 0.649. The van der Waals surface area contributed by atoms with E-state index in [-0.39, 0.29) is 17.7 Å². The number of urea groups is 1. The highest BCUT2D eigenvalue weighted by molar-refractivity contribution is 7.91. The highest BCUT2D eigenvalue weighted by atomic mass is 32.2. The second-order valence-corrected chi connectivity index (χ2v) is 9.41. The Morgan fingerprint density at radius 2 is 1.80 bits per heavy atom. The van der Waals surface area contributed by atoms with Gasteiger partial charge in [-0.1, -0.05) is 24.3 Å². The molecule has 2 aromatic carbocycles. The van der Waals surface area contributed by atoms with Crippen molar-refractivity contribution in [3.8, 4) is 5.75 Å². The zero-order chi connectivity index (χ0) is 21.3. The Kier molecular flexibility index (Phi) is 5.48. The van der Waals surface area contributed by atoms with Gasteiger partial charge in [-0.15, -0.1) is 0 Å².